The lowest BCUT2D eigenvalue weighted by molar-refractivity contribution is -0.139. The van der Waals surface area contributed by atoms with E-state index in [2.05, 4.69) is 10.3 Å². The third kappa shape index (κ3) is 5.84. The first-order valence-electron chi connectivity index (χ1n) is 11.4. The molecule has 1 atom stereocenters. The summed E-state index contributed by atoms with van der Waals surface area (Å²) in [4.78, 5) is 41.7. The van der Waals surface area contributed by atoms with Crippen LogP contribution in [0.1, 0.15) is 52.9 Å². The normalized spacial score (nSPS) is 14.1. The molecule has 3 aromatic rings. The van der Waals surface area contributed by atoms with Crippen molar-refractivity contribution in [2.45, 2.75) is 39.0 Å². The van der Waals surface area contributed by atoms with E-state index in [9.17, 15) is 14.4 Å². The summed E-state index contributed by atoms with van der Waals surface area (Å²) < 4.78 is 11.4. The monoisotopic (exact) mass is 473 g/mol. The molecule has 2 heterocycles. The Labute approximate surface area is 203 Å². The number of benzene rings is 2. The molecule has 1 aliphatic heterocycles. The third-order valence-electron chi connectivity index (χ3n) is 5.89. The van der Waals surface area contributed by atoms with E-state index in [0.717, 1.165) is 16.7 Å². The molecule has 1 unspecified atom stereocenters. The average Bonchev–Trinajstić information content (AvgIpc) is 3.20. The van der Waals surface area contributed by atoms with E-state index < -0.39 is 0 Å². The van der Waals surface area contributed by atoms with E-state index in [1.807, 2.05) is 37.3 Å². The van der Waals surface area contributed by atoms with Gasteiger partial charge in [-0.3, -0.25) is 24.3 Å². The highest BCUT2D eigenvalue weighted by molar-refractivity contribution is 6.01. The van der Waals surface area contributed by atoms with Crippen molar-refractivity contribution >= 4 is 17.7 Å². The molecule has 35 heavy (non-hydrogen) atoms. The molecule has 4 rings (SSSR count). The van der Waals surface area contributed by atoms with E-state index in [-0.39, 0.29) is 43.1 Å². The second-order valence-electron chi connectivity index (χ2n) is 8.32. The fourth-order valence-corrected chi connectivity index (χ4v) is 3.82. The van der Waals surface area contributed by atoms with Crippen LogP contribution in [0.25, 0.3) is 0 Å². The zero-order valence-corrected chi connectivity index (χ0v) is 19.7. The van der Waals surface area contributed by atoms with Gasteiger partial charge in [-0.1, -0.05) is 18.2 Å². The highest BCUT2D eigenvalue weighted by Crippen LogP contribution is 2.31. The summed E-state index contributed by atoms with van der Waals surface area (Å²) in [5.74, 6) is 0.643. The molecule has 1 saturated heterocycles. The standard InChI is InChI=1S/C27H27N3O5/c1-18(22-7-8-23(24(15-22)34-2)35-17-20-11-13-28-14-12-20)29-27(33)21-5-3-19(4-6-21)16-30-25(31)9-10-26(30)32/h3-8,11-15,18H,9-10,16-17H2,1-2H3,(H,29,33). The second kappa shape index (κ2) is 10.8. The summed E-state index contributed by atoms with van der Waals surface area (Å²) in [6.45, 7) is 2.51. The first kappa shape index (κ1) is 23.9. The number of carbonyl (C=O) groups excluding carboxylic acids is 3. The lowest BCUT2D eigenvalue weighted by Gasteiger charge is -2.18. The number of imide groups is 1. The molecule has 1 aromatic heterocycles. The highest BCUT2D eigenvalue weighted by Gasteiger charge is 2.28. The van der Waals surface area contributed by atoms with Crippen LogP contribution < -0.4 is 14.8 Å². The van der Waals surface area contributed by atoms with Gasteiger partial charge in [0.2, 0.25) is 11.8 Å². The van der Waals surface area contributed by atoms with Crippen LogP contribution in [0.3, 0.4) is 0 Å². The smallest absolute Gasteiger partial charge is 0.251 e. The van der Waals surface area contributed by atoms with Crippen LogP contribution in [-0.4, -0.2) is 34.7 Å². The van der Waals surface area contributed by atoms with Crippen LogP contribution in [0.2, 0.25) is 0 Å². The number of amides is 3. The van der Waals surface area contributed by atoms with Crippen molar-refractivity contribution in [2.75, 3.05) is 7.11 Å². The Balaban J connectivity index is 1.36. The zero-order valence-electron chi connectivity index (χ0n) is 19.7. The van der Waals surface area contributed by atoms with Gasteiger partial charge in [0.1, 0.15) is 6.61 Å². The minimum Gasteiger partial charge on any atom is -0.493 e. The Morgan fingerprint density at radius 3 is 2.31 bits per heavy atom. The van der Waals surface area contributed by atoms with Crippen molar-refractivity contribution in [1.29, 1.82) is 0 Å². The highest BCUT2D eigenvalue weighted by atomic mass is 16.5. The number of ether oxygens (including phenoxy) is 2. The Bertz CT molecular complexity index is 1200. The fourth-order valence-electron chi connectivity index (χ4n) is 3.82. The molecule has 180 valence electrons. The number of hydrogen-bond donors (Lipinski definition) is 1. The van der Waals surface area contributed by atoms with Crippen molar-refractivity contribution in [3.63, 3.8) is 0 Å². The number of nitrogens with one attached hydrogen (secondary N) is 1. The Morgan fingerprint density at radius 1 is 0.971 bits per heavy atom. The maximum atomic E-state index is 12.8. The van der Waals surface area contributed by atoms with Crippen LogP contribution in [0.15, 0.2) is 67.0 Å². The summed E-state index contributed by atoms with van der Waals surface area (Å²) >= 11 is 0. The summed E-state index contributed by atoms with van der Waals surface area (Å²) in [5.41, 5.74) is 3.15. The van der Waals surface area contributed by atoms with Gasteiger partial charge in [0.25, 0.3) is 5.91 Å². The summed E-state index contributed by atoms with van der Waals surface area (Å²) in [5, 5.41) is 2.99. The first-order chi connectivity index (χ1) is 16.9. The molecule has 0 bridgehead atoms. The number of carbonyl (C=O) groups is 3. The Kier molecular flexibility index (Phi) is 7.40. The molecule has 0 saturated carbocycles. The minimum atomic E-state index is -0.273. The first-order valence-corrected chi connectivity index (χ1v) is 11.4. The predicted molar refractivity (Wildman–Crippen MR) is 129 cm³/mol. The van der Waals surface area contributed by atoms with Gasteiger partial charge < -0.3 is 14.8 Å². The van der Waals surface area contributed by atoms with E-state index in [1.165, 1.54) is 4.90 Å². The molecule has 2 aromatic carbocycles. The largest absolute Gasteiger partial charge is 0.493 e. The van der Waals surface area contributed by atoms with Crippen LogP contribution in [-0.2, 0) is 22.7 Å². The number of likely N-dealkylation sites (tertiary alicyclic amines) is 1. The lowest BCUT2D eigenvalue weighted by atomic mass is 10.1. The van der Waals surface area contributed by atoms with Gasteiger partial charge in [-0.05, 0) is 60.0 Å². The van der Waals surface area contributed by atoms with E-state index in [1.54, 1.807) is 43.8 Å². The number of aromatic nitrogens is 1. The van der Waals surface area contributed by atoms with Gasteiger partial charge in [0.05, 0.1) is 19.7 Å². The summed E-state index contributed by atoms with van der Waals surface area (Å²) in [7, 11) is 1.58. The van der Waals surface area contributed by atoms with Gasteiger partial charge >= 0.3 is 0 Å². The Hall–Kier alpha value is -4.20. The lowest BCUT2D eigenvalue weighted by Crippen LogP contribution is -2.28. The molecule has 0 aliphatic carbocycles. The quantitative estimate of drug-likeness (QED) is 0.475. The molecule has 1 N–H and O–H groups in total. The van der Waals surface area contributed by atoms with Gasteiger partial charge in [0, 0.05) is 30.8 Å². The zero-order chi connectivity index (χ0) is 24.8. The van der Waals surface area contributed by atoms with Crippen molar-refractivity contribution in [1.82, 2.24) is 15.2 Å². The molecule has 0 radical (unpaired) electrons. The van der Waals surface area contributed by atoms with E-state index in [0.29, 0.717) is 23.7 Å². The van der Waals surface area contributed by atoms with Crippen molar-refractivity contribution in [2.24, 2.45) is 0 Å². The van der Waals surface area contributed by atoms with Crippen molar-refractivity contribution in [3.8, 4) is 11.5 Å². The van der Waals surface area contributed by atoms with E-state index >= 15 is 0 Å². The molecule has 1 fully saturated rings. The SMILES string of the molecule is COc1cc(C(C)NC(=O)c2ccc(CN3C(=O)CCC3=O)cc2)ccc1OCc1ccncc1. The molecule has 0 spiro atoms. The van der Waals surface area contributed by atoms with Gasteiger partial charge in [-0.15, -0.1) is 0 Å². The predicted octanol–water partition coefficient (Wildman–Crippen LogP) is 3.81. The topological polar surface area (TPSA) is 97.8 Å². The van der Waals surface area contributed by atoms with Crippen molar-refractivity contribution in [3.05, 3.63) is 89.2 Å². The van der Waals surface area contributed by atoms with Gasteiger partial charge in [-0.25, -0.2) is 0 Å². The fraction of sp³-hybridized carbons (Fsp3) is 0.259. The van der Waals surface area contributed by atoms with Gasteiger partial charge in [-0.2, -0.15) is 0 Å². The molecule has 8 heteroatoms. The third-order valence-corrected chi connectivity index (χ3v) is 5.89. The molecule has 8 nitrogen and oxygen atoms in total. The van der Waals surface area contributed by atoms with Crippen LogP contribution >= 0.6 is 0 Å². The Morgan fingerprint density at radius 2 is 1.66 bits per heavy atom. The molecular formula is C27H27N3O5. The second-order valence-corrected chi connectivity index (χ2v) is 8.32. The van der Waals surface area contributed by atoms with E-state index in [4.69, 9.17) is 9.47 Å². The van der Waals surface area contributed by atoms with Crippen LogP contribution in [0.5, 0.6) is 11.5 Å². The minimum absolute atomic E-state index is 0.158. The van der Waals surface area contributed by atoms with Crippen molar-refractivity contribution < 1.29 is 23.9 Å². The molecule has 3 amide bonds. The van der Waals surface area contributed by atoms with Crippen LogP contribution in [0, 0.1) is 0 Å². The molecular weight excluding hydrogens is 446 g/mol. The average molecular weight is 474 g/mol. The number of nitrogens with zero attached hydrogens (tertiary/aromatic N) is 2. The summed E-state index contributed by atoms with van der Waals surface area (Å²) in [6.07, 6.45) is 3.96. The molecule has 1 aliphatic rings. The van der Waals surface area contributed by atoms with Crippen LogP contribution in [0.4, 0.5) is 0 Å². The summed E-state index contributed by atoms with van der Waals surface area (Å²) in [6, 6.07) is 16.0. The number of rotatable bonds is 9. The van der Waals surface area contributed by atoms with Gasteiger partial charge in [0.15, 0.2) is 11.5 Å². The maximum absolute atomic E-state index is 12.8. The number of methoxy groups -OCH3 is 1. The number of hydrogen-bond acceptors (Lipinski definition) is 6. The number of pyridine rings is 1. The maximum Gasteiger partial charge on any atom is 0.251 e.